The van der Waals surface area contributed by atoms with E-state index in [4.69, 9.17) is 0 Å². The fourth-order valence-electron chi connectivity index (χ4n) is 2.57. The van der Waals surface area contributed by atoms with Crippen LogP contribution < -0.4 is 10.9 Å². The van der Waals surface area contributed by atoms with E-state index in [1.165, 1.54) is 5.56 Å². The predicted molar refractivity (Wildman–Crippen MR) is 99.2 cm³/mol. The highest BCUT2D eigenvalue weighted by atomic mass is 16.1. The minimum Gasteiger partial charge on any atom is -0.356 e. The molecule has 5 heteroatoms. The van der Waals surface area contributed by atoms with Gasteiger partial charge in [-0.2, -0.15) is 0 Å². The van der Waals surface area contributed by atoms with Crippen molar-refractivity contribution >= 4 is 5.96 Å². The van der Waals surface area contributed by atoms with Gasteiger partial charge in [-0.1, -0.05) is 36.4 Å². The first-order valence-corrected chi connectivity index (χ1v) is 8.32. The van der Waals surface area contributed by atoms with Crippen LogP contribution in [0.1, 0.15) is 18.4 Å². The third-order valence-corrected chi connectivity index (χ3v) is 3.84. The molecule has 1 heterocycles. The zero-order chi connectivity index (χ0) is 17.2. The van der Waals surface area contributed by atoms with Crippen molar-refractivity contribution in [3.8, 4) is 0 Å². The Morgan fingerprint density at radius 3 is 2.58 bits per heavy atom. The normalized spacial score (nSPS) is 11.3. The zero-order valence-corrected chi connectivity index (χ0v) is 14.5. The van der Waals surface area contributed by atoms with Crippen molar-refractivity contribution in [2.75, 3.05) is 20.6 Å². The molecular formula is C19H26N4O. The van der Waals surface area contributed by atoms with E-state index in [9.17, 15) is 4.79 Å². The van der Waals surface area contributed by atoms with Gasteiger partial charge in [-0.3, -0.25) is 9.79 Å². The SMILES string of the molecule is CN=C(NCCCCn1ccccc1=O)N(C)Cc1ccccc1. The summed E-state index contributed by atoms with van der Waals surface area (Å²) in [6, 6.07) is 15.6. The lowest BCUT2D eigenvalue weighted by Crippen LogP contribution is -2.38. The number of nitrogens with one attached hydrogen (secondary N) is 1. The number of unbranched alkanes of at least 4 members (excludes halogenated alkanes) is 1. The maximum Gasteiger partial charge on any atom is 0.250 e. The molecule has 0 saturated heterocycles. The molecule has 0 fully saturated rings. The van der Waals surface area contributed by atoms with Crippen molar-refractivity contribution < 1.29 is 0 Å². The van der Waals surface area contributed by atoms with E-state index in [1.54, 1.807) is 23.7 Å². The summed E-state index contributed by atoms with van der Waals surface area (Å²) in [6.45, 7) is 2.41. The van der Waals surface area contributed by atoms with Crippen LogP contribution in [0.15, 0.2) is 64.5 Å². The van der Waals surface area contributed by atoms with Gasteiger partial charge < -0.3 is 14.8 Å². The first kappa shape index (κ1) is 17.8. The molecular weight excluding hydrogens is 300 g/mol. The van der Waals surface area contributed by atoms with E-state index < -0.39 is 0 Å². The molecule has 0 saturated carbocycles. The Kier molecular flexibility index (Phi) is 7.08. The Morgan fingerprint density at radius 2 is 1.88 bits per heavy atom. The van der Waals surface area contributed by atoms with Crippen molar-refractivity contribution in [3.05, 3.63) is 70.6 Å². The zero-order valence-electron chi connectivity index (χ0n) is 14.5. The van der Waals surface area contributed by atoms with Crippen LogP contribution in [0.2, 0.25) is 0 Å². The minimum atomic E-state index is 0.0591. The molecule has 0 radical (unpaired) electrons. The summed E-state index contributed by atoms with van der Waals surface area (Å²) in [4.78, 5) is 18.1. The van der Waals surface area contributed by atoms with Gasteiger partial charge in [0.15, 0.2) is 5.96 Å². The van der Waals surface area contributed by atoms with Gasteiger partial charge >= 0.3 is 0 Å². The molecule has 0 unspecified atom stereocenters. The molecule has 0 aliphatic rings. The molecule has 1 aromatic heterocycles. The lowest BCUT2D eigenvalue weighted by molar-refractivity contribution is 0.473. The summed E-state index contributed by atoms with van der Waals surface area (Å²) in [5.41, 5.74) is 1.32. The largest absolute Gasteiger partial charge is 0.356 e. The molecule has 128 valence electrons. The van der Waals surface area contributed by atoms with E-state index in [1.807, 2.05) is 37.5 Å². The van der Waals surface area contributed by atoms with Crippen LogP contribution in [-0.2, 0) is 13.1 Å². The summed E-state index contributed by atoms with van der Waals surface area (Å²) in [6.07, 6.45) is 3.78. The van der Waals surface area contributed by atoms with Crippen molar-refractivity contribution in [3.63, 3.8) is 0 Å². The van der Waals surface area contributed by atoms with Gasteiger partial charge in [0.05, 0.1) is 0 Å². The van der Waals surface area contributed by atoms with E-state index >= 15 is 0 Å². The highest BCUT2D eigenvalue weighted by Crippen LogP contribution is 2.02. The predicted octanol–water partition coefficient (Wildman–Crippen LogP) is 2.34. The molecule has 0 spiro atoms. The number of rotatable bonds is 7. The average molecular weight is 326 g/mol. The first-order chi connectivity index (χ1) is 11.7. The van der Waals surface area contributed by atoms with Crippen molar-refractivity contribution in [1.29, 1.82) is 0 Å². The Balaban J connectivity index is 1.72. The van der Waals surface area contributed by atoms with E-state index in [2.05, 4.69) is 27.3 Å². The maximum absolute atomic E-state index is 11.6. The Morgan fingerprint density at radius 1 is 1.12 bits per heavy atom. The van der Waals surface area contributed by atoms with Gasteiger partial charge in [0, 0.05) is 46.0 Å². The second-order valence-electron chi connectivity index (χ2n) is 5.76. The third kappa shape index (κ3) is 5.57. The van der Waals surface area contributed by atoms with Gasteiger partial charge in [0.2, 0.25) is 5.56 Å². The summed E-state index contributed by atoms with van der Waals surface area (Å²) < 4.78 is 1.75. The number of guanidine groups is 1. The number of benzene rings is 1. The van der Waals surface area contributed by atoms with Crippen LogP contribution in [0.5, 0.6) is 0 Å². The summed E-state index contributed by atoms with van der Waals surface area (Å²) in [5.74, 6) is 0.885. The molecule has 0 bridgehead atoms. The average Bonchev–Trinajstić information content (AvgIpc) is 2.60. The minimum absolute atomic E-state index is 0.0591. The summed E-state index contributed by atoms with van der Waals surface area (Å²) >= 11 is 0. The molecule has 1 N–H and O–H groups in total. The number of aromatic nitrogens is 1. The number of aliphatic imine (C=N–C) groups is 1. The fraction of sp³-hybridized carbons (Fsp3) is 0.368. The van der Waals surface area contributed by atoms with Crippen molar-refractivity contribution in [1.82, 2.24) is 14.8 Å². The number of hydrogen-bond acceptors (Lipinski definition) is 2. The van der Waals surface area contributed by atoms with E-state index in [0.29, 0.717) is 0 Å². The van der Waals surface area contributed by atoms with Crippen LogP contribution in [0.3, 0.4) is 0 Å². The van der Waals surface area contributed by atoms with Crippen LogP contribution >= 0.6 is 0 Å². The molecule has 1 aromatic carbocycles. The second kappa shape index (κ2) is 9.55. The molecule has 0 amide bonds. The first-order valence-electron chi connectivity index (χ1n) is 8.32. The molecule has 24 heavy (non-hydrogen) atoms. The molecule has 0 atom stereocenters. The van der Waals surface area contributed by atoms with Gasteiger partial charge in [-0.25, -0.2) is 0 Å². The molecule has 5 nitrogen and oxygen atoms in total. The Hall–Kier alpha value is -2.56. The summed E-state index contributed by atoms with van der Waals surface area (Å²) in [7, 11) is 3.83. The molecule has 2 rings (SSSR count). The number of nitrogens with zero attached hydrogens (tertiary/aromatic N) is 3. The molecule has 0 aliphatic heterocycles. The number of hydrogen-bond donors (Lipinski definition) is 1. The lowest BCUT2D eigenvalue weighted by Gasteiger charge is -2.22. The van der Waals surface area contributed by atoms with Gasteiger partial charge in [0.1, 0.15) is 0 Å². The number of aryl methyl sites for hydroxylation is 1. The molecule has 0 aliphatic carbocycles. The van der Waals surface area contributed by atoms with Crippen LogP contribution in [0.25, 0.3) is 0 Å². The quantitative estimate of drug-likeness (QED) is 0.483. The highest BCUT2D eigenvalue weighted by molar-refractivity contribution is 5.79. The van der Waals surface area contributed by atoms with Crippen molar-refractivity contribution in [2.24, 2.45) is 4.99 Å². The lowest BCUT2D eigenvalue weighted by atomic mass is 10.2. The van der Waals surface area contributed by atoms with Gasteiger partial charge in [-0.15, -0.1) is 0 Å². The fourth-order valence-corrected chi connectivity index (χ4v) is 2.57. The molecule has 2 aromatic rings. The standard InChI is InChI=1S/C19H26N4O/c1-20-19(22(2)16-17-10-4-3-5-11-17)21-13-7-9-15-23-14-8-6-12-18(23)24/h3-6,8,10-12,14H,7,9,13,15-16H2,1-2H3,(H,20,21). The second-order valence-corrected chi connectivity index (χ2v) is 5.76. The Bertz CT molecular complexity index is 694. The van der Waals surface area contributed by atoms with E-state index in [0.717, 1.165) is 38.4 Å². The van der Waals surface area contributed by atoms with Crippen LogP contribution in [0.4, 0.5) is 0 Å². The Labute approximate surface area is 143 Å². The number of pyridine rings is 1. The highest BCUT2D eigenvalue weighted by Gasteiger charge is 2.05. The topological polar surface area (TPSA) is 49.6 Å². The van der Waals surface area contributed by atoms with Crippen molar-refractivity contribution in [2.45, 2.75) is 25.9 Å². The maximum atomic E-state index is 11.6. The van der Waals surface area contributed by atoms with Crippen LogP contribution in [0, 0.1) is 0 Å². The van der Waals surface area contributed by atoms with Gasteiger partial charge in [0.25, 0.3) is 0 Å². The van der Waals surface area contributed by atoms with Gasteiger partial charge in [-0.05, 0) is 24.5 Å². The third-order valence-electron chi connectivity index (χ3n) is 3.84. The van der Waals surface area contributed by atoms with Crippen LogP contribution in [-0.4, -0.2) is 36.1 Å². The smallest absolute Gasteiger partial charge is 0.250 e. The summed E-state index contributed by atoms with van der Waals surface area (Å²) in [5, 5.41) is 3.38. The van der Waals surface area contributed by atoms with E-state index in [-0.39, 0.29) is 5.56 Å². The monoisotopic (exact) mass is 326 g/mol.